The average Bonchev–Trinajstić information content (AvgIpc) is 2.90. The SMILES string of the molecule is Cc1cccc2c3c(n(CCc4ccccc4)c12)CCNC3C. The van der Waals surface area contributed by atoms with E-state index in [9.17, 15) is 0 Å². The highest BCUT2D eigenvalue weighted by atomic mass is 15.0. The maximum Gasteiger partial charge on any atom is 0.0515 e. The summed E-state index contributed by atoms with van der Waals surface area (Å²) in [6, 6.07) is 18.0. The van der Waals surface area contributed by atoms with E-state index in [1.54, 1.807) is 0 Å². The molecule has 0 fully saturated rings. The molecule has 2 aromatic carbocycles. The van der Waals surface area contributed by atoms with E-state index >= 15 is 0 Å². The molecular formula is C21H24N2. The number of nitrogens with one attached hydrogen (secondary N) is 1. The summed E-state index contributed by atoms with van der Waals surface area (Å²) in [5, 5.41) is 5.06. The molecule has 4 rings (SSSR count). The van der Waals surface area contributed by atoms with Gasteiger partial charge >= 0.3 is 0 Å². The zero-order valence-corrected chi connectivity index (χ0v) is 14.0. The number of fused-ring (bicyclic) bond motifs is 3. The van der Waals surface area contributed by atoms with Gasteiger partial charge in [0.2, 0.25) is 0 Å². The van der Waals surface area contributed by atoms with E-state index in [4.69, 9.17) is 0 Å². The Balaban J connectivity index is 1.82. The minimum Gasteiger partial charge on any atom is -0.344 e. The van der Waals surface area contributed by atoms with E-state index in [0.29, 0.717) is 6.04 Å². The maximum absolute atomic E-state index is 3.62. The van der Waals surface area contributed by atoms with Crippen LogP contribution in [-0.2, 0) is 19.4 Å². The van der Waals surface area contributed by atoms with Crippen molar-refractivity contribution in [3.8, 4) is 0 Å². The van der Waals surface area contributed by atoms with Crippen molar-refractivity contribution in [3.05, 3.63) is 70.9 Å². The first kappa shape index (κ1) is 14.5. The van der Waals surface area contributed by atoms with Crippen LogP contribution in [0.4, 0.5) is 0 Å². The Morgan fingerprint density at radius 2 is 1.91 bits per heavy atom. The summed E-state index contributed by atoms with van der Waals surface area (Å²) in [4.78, 5) is 0. The topological polar surface area (TPSA) is 17.0 Å². The van der Waals surface area contributed by atoms with Gasteiger partial charge in [-0.25, -0.2) is 0 Å². The highest BCUT2D eigenvalue weighted by molar-refractivity contribution is 5.89. The van der Waals surface area contributed by atoms with E-state index in [1.807, 2.05) is 0 Å². The fourth-order valence-electron chi connectivity index (χ4n) is 4.06. The number of para-hydroxylation sites is 1. The van der Waals surface area contributed by atoms with Crippen molar-refractivity contribution in [3.63, 3.8) is 0 Å². The standard InChI is InChI=1S/C21H24N2/c1-15-7-6-10-18-20-16(2)22-13-11-19(20)23(21(15)18)14-12-17-8-4-3-5-9-17/h3-10,16,22H,11-14H2,1-2H3. The second-order valence-electron chi connectivity index (χ2n) is 6.64. The van der Waals surface area contributed by atoms with Crippen molar-refractivity contribution >= 4 is 10.9 Å². The van der Waals surface area contributed by atoms with Crippen LogP contribution in [0.2, 0.25) is 0 Å². The summed E-state index contributed by atoms with van der Waals surface area (Å²) in [5.41, 5.74) is 7.29. The third-order valence-electron chi connectivity index (χ3n) is 5.15. The molecule has 1 unspecified atom stereocenters. The first-order valence-electron chi connectivity index (χ1n) is 8.63. The molecule has 0 saturated carbocycles. The maximum atomic E-state index is 3.62. The third-order valence-corrected chi connectivity index (χ3v) is 5.15. The van der Waals surface area contributed by atoms with Gasteiger partial charge in [-0.3, -0.25) is 0 Å². The fraction of sp³-hybridized carbons (Fsp3) is 0.333. The Morgan fingerprint density at radius 3 is 2.74 bits per heavy atom. The number of hydrogen-bond donors (Lipinski definition) is 1. The van der Waals surface area contributed by atoms with Crippen molar-refractivity contribution in [2.24, 2.45) is 0 Å². The van der Waals surface area contributed by atoms with Gasteiger partial charge in [-0.15, -0.1) is 0 Å². The summed E-state index contributed by atoms with van der Waals surface area (Å²) in [5.74, 6) is 0. The number of aryl methyl sites for hydroxylation is 3. The van der Waals surface area contributed by atoms with Crippen LogP contribution < -0.4 is 5.32 Å². The van der Waals surface area contributed by atoms with Gasteiger partial charge in [0.15, 0.2) is 0 Å². The Morgan fingerprint density at radius 1 is 1.09 bits per heavy atom. The molecule has 2 heteroatoms. The van der Waals surface area contributed by atoms with Crippen LogP contribution >= 0.6 is 0 Å². The smallest absolute Gasteiger partial charge is 0.0515 e. The molecule has 1 aromatic heterocycles. The van der Waals surface area contributed by atoms with Gasteiger partial charge in [0.1, 0.15) is 0 Å². The highest BCUT2D eigenvalue weighted by Gasteiger charge is 2.24. The predicted molar refractivity (Wildman–Crippen MR) is 96.9 cm³/mol. The average molecular weight is 304 g/mol. The van der Waals surface area contributed by atoms with Crippen molar-refractivity contribution in [2.75, 3.05) is 6.54 Å². The van der Waals surface area contributed by atoms with E-state index in [-0.39, 0.29) is 0 Å². The fourth-order valence-corrected chi connectivity index (χ4v) is 4.06. The minimum atomic E-state index is 0.445. The Kier molecular flexibility index (Phi) is 3.70. The van der Waals surface area contributed by atoms with Crippen LogP contribution in [0.25, 0.3) is 10.9 Å². The monoisotopic (exact) mass is 304 g/mol. The first-order chi connectivity index (χ1) is 11.3. The quantitative estimate of drug-likeness (QED) is 0.759. The molecule has 0 amide bonds. The van der Waals surface area contributed by atoms with Gasteiger partial charge < -0.3 is 9.88 Å². The van der Waals surface area contributed by atoms with Gasteiger partial charge in [0.25, 0.3) is 0 Å². The van der Waals surface area contributed by atoms with Crippen LogP contribution in [0, 0.1) is 6.92 Å². The summed E-state index contributed by atoms with van der Waals surface area (Å²) in [6.07, 6.45) is 2.22. The number of hydrogen-bond acceptors (Lipinski definition) is 1. The Bertz CT molecular complexity index is 830. The number of rotatable bonds is 3. The molecule has 0 bridgehead atoms. The molecule has 0 radical (unpaired) electrons. The van der Waals surface area contributed by atoms with E-state index in [0.717, 1.165) is 25.9 Å². The van der Waals surface area contributed by atoms with Crippen molar-refractivity contribution in [1.82, 2.24) is 9.88 Å². The molecule has 0 saturated heterocycles. The molecule has 3 aromatic rings. The zero-order chi connectivity index (χ0) is 15.8. The third kappa shape index (κ3) is 2.47. The van der Waals surface area contributed by atoms with Gasteiger partial charge in [-0.05, 0) is 37.0 Å². The van der Waals surface area contributed by atoms with Gasteiger partial charge in [0.05, 0.1) is 5.52 Å². The lowest BCUT2D eigenvalue weighted by Gasteiger charge is -2.23. The van der Waals surface area contributed by atoms with Crippen LogP contribution in [0.3, 0.4) is 0 Å². The molecule has 1 N–H and O–H groups in total. The zero-order valence-electron chi connectivity index (χ0n) is 14.0. The van der Waals surface area contributed by atoms with Gasteiger partial charge in [0, 0.05) is 36.6 Å². The molecule has 1 aliphatic rings. The van der Waals surface area contributed by atoms with Gasteiger partial charge in [-0.1, -0.05) is 48.5 Å². The Labute approximate surface area is 138 Å². The Hall–Kier alpha value is -2.06. The van der Waals surface area contributed by atoms with Gasteiger partial charge in [-0.2, -0.15) is 0 Å². The van der Waals surface area contributed by atoms with Crippen LogP contribution in [0.5, 0.6) is 0 Å². The minimum absolute atomic E-state index is 0.445. The first-order valence-corrected chi connectivity index (χ1v) is 8.63. The summed E-state index contributed by atoms with van der Waals surface area (Å²) in [6.45, 7) is 6.68. The number of nitrogens with zero attached hydrogens (tertiary/aromatic N) is 1. The second-order valence-corrected chi connectivity index (χ2v) is 6.64. The molecular weight excluding hydrogens is 280 g/mol. The van der Waals surface area contributed by atoms with Crippen molar-refractivity contribution in [2.45, 2.75) is 39.3 Å². The molecule has 23 heavy (non-hydrogen) atoms. The molecule has 0 spiro atoms. The number of aromatic nitrogens is 1. The van der Waals surface area contributed by atoms with Crippen LogP contribution in [0.15, 0.2) is 48.5 Å². The molecule has 1 aliphatic heterocycles. The predicted octanol–water partition coefficient (Wildman–Crippen LogP) is 4.40. The molecule has 2 nitrogen and oxygen atoms in total. The van der Waals surface area contributed by atoms with Crippen molar-refractivity contribution in [1.29, 1.82) is 0 Å². The summed E-state index contributed by atoms with van der Waals surface area (Å²) in [7, 11) is 0. The van der Waals surface area contributed by atoms with E-state index < -0.39 is 0 Å². The van der Waals surface area contributed by atoms with Crippen molar-refractivity contribution < 1.29 is 0 Å². The normalized spacial score (nSPS) is 17.4. The summed E-state index contributed by atoms with van der Waals surface area (Å²) < 4.78 is 2.59. The lowest BCUT2D eigenvalue weighted by Crippen LogP contribution is -2.28. The lowest BCUT2D eigenvalue weighted by molar-refractivity contribution is 0.521. The summed E-state index contributed by atoms with van der Waals surface area (Å²) >= 11 is 0. The lowest BCUT2D eigenvalue weighted by atomic mass is 9.98. The highest BCUT2D eigenvalue weighted by Crippen LogP contribution is 2.35. The largest absolute Gasteiger partial charge is 0.344 e. The molecule has 0 aliphatic carbocycles. The second kappa shape index (κ2) is 5.86. The number of benzene rings is 2. The van der Waals surface area contributed by atoms with E-state index in [1.165, 1.54) is 33.3 Å². The molecule has 1 atom stereocenters. The van der Waals surface area contributed by atoms with Crippen LogP contribution in [0.1, 0.15) is 35.3 Å². The molecule has 2 heterocycles. The molecule has 118 valence electrons. The van der Waals surface area contributed by atoms with E-state index in [2.05, 4.69) is 72.3 Å². The van der Waals surface area contributed by atoms with Crippen LogP contribution in [-0.4, -0.2) is 11.1 Å².